The molecule has 0 saturated carbocycles. The van der Waals surface area contributed by atoms with Crippen LogP contribution in [-0.2, 0) is 14.6 Å². The summed E-state index contributed by atoms with van der Waals surface area (Å²) >= 11 is 0. The first-order chi connectivity index (χ1) is 6.10. The molecule has 0 spiro atoms. The molecule has 0 aliphatic carbocycles. The van der Waals surface area contributed by atoms with E-state index in [1.54, 1.807) is 6.29 Å². The van der Waals surface area contributed by atoms with Crippen molar-refractivity contribution >= 4 is 16.1 Å². The van der Waals surface area contributed by atoms with Gasteiger partial charge in [0.05, 0.1) is 4.90 Å². The third-order valence-electron chi connectivity index (χ3n) is 1.52. The number of carbonyl (C=O) groups excluding carboxylic acids is 1. The Balaban J connectivity index is 3.20. The number of hydrogen-bond acceptors (Lipinski definition) is 3. The normalized spacial score (nSPS) is 10.8. The van der Waals surface area contributed by atoms with Gasteiger partial charge in [0.25, 0.3) is 0 Å². The highest BCUT2D eigenvalue weighted by Gasteiger charge is 2.08. The summed E-state index contributed by atoms with van der Waals surface area (Å²) in [6.45, 7) is 3.19. The summed E-state index contributed by atoms with van der Waals surface area (Å²) in [6.07, 6.45) is 1.65. The van der Waals surface area contributed by atoms with E-state index in [0.29, 0.717) is 5.56 Å². The molecule has 1 rings (SSSR count). The van der Waals surface area contributed by atoms with Crippen molar-refractivity contribution in [2.24, 2.45) is 0 Å². The van der Waals surface area contributed by atoms with Crippen LogP contribution in [0.25, 0.3) is 0 Å². The molecule has 1 aromatic carbocycles. The van der Waals surface area contributed by atoms with Gasteiger partial charge in [0.1, 0.15) is 0 Å². The van der Waals surface area contributed by atoms with Crippen molar-refractivity contribution in [2.45, 2.75) is 4.90 Å². The van der Waals surface area contributed by atoms with Gasteiger partial charge in [0.2, 0.25) is 6.29 Å². The first-order valence-corrected chi connectivity index (χ1v) is 5.00. The first-order valence-electron chi connectivity index (χ1n) is 3.46. The minimum atomic E-state index is -3.39. The van der Waals surface area contributed by atoms with Crippen molar-refractivity contribution in [3.63, 3.8) is 0 Å². The van der Waals surface area contributed by atoms with Gasteiger partial charge in [-0.15, -0.1) is 0 Å². The first kappa shape index (κ1) is 9.67. The van der Waals surface area contributed by atoms with Gasteiger partial charge in [-0.25, -0.2) is 8.42 Å². The quantitative estimate of drug-likeness (QED) is 0.724. The van der Waals surface area contributed by atoms with Gasteiger partial charge in [-0.05, 0) is 24.3 Å². The molecule has 0 N–H and O–H groups in total. The average Bonchev–Trinajstić information content (AvgIpc) is 2.18. The van der Waals surface area contributed by atoms with Gasteiger partial charge in [-0.3, -0.25) is 4.79 Å². The third-order valence-corrected chi connectivity index (χ3v) is 2.89. The lowest BCUT2D eigenvalue weighted by Gasteiger charge is -1.97. The van der Waals surface area contributed by atoms with E-state index in [4.69, 9.17) is 0 Å². The number of sulfone groups is 1. The van der Waals surface area contributed by atoms with Crippen molar-refractivity contribution in [1.29, 1.82) is 0 Å². The molecule has 13 heavy (non-hydrogen) atoms. The molecule has 0 aromatic heterocycles. The minimum Gasteiger partial charge on any atom is -0.285 e. The predicted molar refractivity (Wildman–Crippen MR) is 48.6 cm³/mol. The molecule has 67 valence electrons. The zero-order valence-electron chi connectivity index (χ0n) is 6.73. The van der Waals surface area contributed by atoms with Gasteiger partial charge >= 0.3 is 0 Å². The molecule has 0 unspecified atom stereocenters. The zero-order chi connectivity index (χ0) is 9.90. The Labute approximate surface area is 76.6 Å². The van der Waals surface area contributed by atoms with Crippen molar-refractivity contribution in [2.75, 3.05) is 0 Å². The highest BCUT2D eigenvalue weighted by atomic mass is 32.2. The Hall–Kier alpha value is -1.42. The maximum absolute atomic E-state index is 11.2. The Kier molecular flexibility index (Phi) is 2.63. The molecule has 3 nitrogen and oxygen atoms in total. The van der Waals surface area contributed by atoms with Gasteiger partial charge in [0.15, 0.2) is 9.84 Å². The van der Waals surface area contributed by atoms with Crippen LogP contribution in [0, 0.1) is 0 Å². The van der Waals surface area contributed by atoms with E-state index in [0.717, 1.165) is 5.41 Å². The van der Waals surface area contributed by atoms with E-state index < -0.39 is 9.84 Å². The van der Waals surface area contributed by atoms with E-state index in [2.05, 4.69) is 6.58 Å². The Morgan fingerprint density at radius 2 is 1.77 bits per heavy atom. The maximum atomic E-state index is 11.2. The topological polar surface area (TPSA) is 51.2 Å². The Morgan fingerprint density at radius 3 is 2.15 bits per heavy atom. The summed E-state index contributed by atoms with van der Waals surface area (Å²) in [5, 5.41) is 0.868. The molecule has 0 amide bonds. The molecule has 0 aliphatic heterocycles. The second-order valence-corrected chi connectivity index (χ2v) is 4.23. The molecular weight excluding hydrogens is 188 g/mol. The predicted octanol–water partition coefficient (Wildman–Crippen LogP) is 1.06. The maximum Gasteiger partial charge on any atom is 0.233 e. The van der Waals surface area contributed by atoms with Crippen LogP contribution in [0.3, 0.4) is 0 Å². The van der Waals surface area contributed by atoms with Crippen LogP contribution < -0.4 is 0 Å². The van der Waals surface area contributed by atoms with E-state index in [-0.39, 0.29) is 4.90 Å². The fourth-order valence-corrected chi connectivity index (χ4v) is 1.52. The van der Waals surface area contributed by atoms with Crippen molar-refractivity contribution in [3.05, 3.63) is 41.8 Å². The van der Waals surface area contributed by atoms with E-state index in [1.165, 1.54) is 24.3 Å². The third kappa shape index (κ3) is 2.03. The van der Waals surface area contributed by atoms with Crippen LogP contribution in [0.5, 0.6) is 0 Å². The van der Waals surface area contributed by atoms with E-state index in [1.807, 2.05) is 0 Å². The highest BCUT2D eigenvalue weighted by Crippen LogP contribution is 2.11. The van der Waals surface area contributed by atoms with Crippen LogP contribution in [0.4, 0.5) is 0 Å². The lowest BCUT2D eigenvalue weighted by atomic mass is 10.2. The fourth-order valence-electron chi connectivity index (χ4n) is 0.809. The second-order valence-electron chi connectivity index (χ2n) is 2.34. The number of benzene rings is 1. The molecule has 0 saturated heterocycles. The molecule has 0 atom stereocenters. The Morgan fingerprint density at radius 1 is 1.23 bits per heavy atom. The molecule has 0 bridgehead atoms. The van der Waals surface area contributed by atoms with Gasteiger partial charge in [-0.1, -0.05) is 6.58 Å². The SMILES string of the molecule is C=CS(=O)(=O)c1ccc([C]=O)cc1. The number of rotatable bonds is 3. The second kappa shape index (κ2) is 3.53. The Bertz CT molecular complexity index is 415. The van der Waals surface area contributed by atoms with Crippen LogP contribution in [0.2, 0.25) is 0 Å². The van der Waals surface area contributed by atoms with Gasteiger partial charge < -0.3 is 0 Å². The van der Waals surface area contributed by atoms with Crippen molar-refractivity contribution in [3.8, 4) is 0 Å². The monoisotopic (exact) mass is 195 g/mol. The standard InChI is InChI=1S/C9H7O3S/c1-2-13(11,12)9-5-3-8(7-10)4-6-9/h2-6H,1H2. The fraction of sp³-hybridized carbons (Fsp3) is 0. The molecule has 1 radical (unpaired) electrons. The highest BCUT2D eigenvalue weighted by molar-refractivity contribution is 7.94. The smallest absolute Gasteiger partial charge is 0.233 e. The number of hydrogen-bond donors (Lipinski definition) is 0. The van der Waals surface area contributed by atoms with Crippen molar-refractivity contribution in [1.82, 2.24) is 0 Å². The summed E-state index contributed by atoms with van der Waals surface area (Å²) in [6, 6.07) is 5.47. The van der Waals surface area contributed by atoms with E-state index in [9.17, 15) is 13.2 Å². The van der Waals surface area contributed by atoms with Crippen LogP contribution in [0.15, 0.2) is 41.1 Å². The lowest BCUT2D eigenvalue weighted by molar-refractivity contribution is 0.562. The van der Waals surface area contributed by atoms with Gasteiger partial charge in [-0.2, -0.15) is 0 Å². The minimum absolute atomic E-state index is 0.126. The van der Waals surface area contributed by atoms with Gasteiger partial charge in [0, 0.05) is 11.0 Å². The van der Waals surface area contributed by atoms with Crippen LogP contribution >= 0.6 is 0 Å². The summed E-state index contributed by atoms with van der Waals surface area (Å²) in [7, 11) is -3.39. The summed E-state index contributed by atoms with van der Waals surface area (Å²) in [4.78, 5) is 10.3. The molecule has 1 aromatic rings. The van der Waals surface area contributed by atoms with E-state index >= 15 is 0 Å². The van der Waals surface area contributed by atoms with Crippen LogP contribution in [0.1, 0.15) is 5.56 Å². The lowest BCUT2D eigenvalue weighted by Crippen LogP contribution is -1.95. The molecule has 0 heterocycles. The summed E-state index contributed by atoms with van der Waals surface area (Å²) in [5.41, 5.74) is 0.322. The summed E-state index contributed by atoms with van der Waals surface area (Å²) < 4.78 is 22.4. The molecular formula is C9H7O3S. The molecule has 0 fully saturated rings. The molecule has 0 aliphatic rings. The zero-order valence-corrected chi connectivity index (χ0v) is 7.54. The molecule has 4 heteroatoms. The van der Waals surface area contributed by atoms with Crippen molar-refractivity contribution < 1.29 is 13.2 Å². The largest absolute Gasteiger partial charge is 0.285 e. The summed E-state index contributed by atoms with van der Waals surface area (Å²) in [5.74, 6) is 0. The van der Waals surface area contributed by atoms with Crippen LogP contribution in [-0.4, -0.2) is 14.7 Å². The average molecular weight is 195 g/mol.